The molecule has 17 heavy (non-hydrogen) atoms. The fraction of sp³-hybridized carbons (Fsp3) is 0.538. The molecule has 1 aromatic rings. The predicted octanol–water partition coefficient (Wildman–Crippen LogP) is 1.26. The number of rotatable bonds is 2. The third-order valence-corrected chi connectivity index (χ3v) is 3.54. The second kappa shape index (κ2) is 4.35. The van der Waals surface area contributed by atoms with Gasteiger partial charge in [-0.1, -0.05) is 6.07 Å². The van der Waals surface area contributed by atoms with Crippen LogP contribution in [0.4, 0.5) is 5.82 Å². The molecule has 4 nitrogen and oxygen atoms in total. The van der Waals surface area contributed by atoms with Crippen LogP contribution in [0.3, 0.4) is 0 Å². The molecule has 0 spiro atoms. The summed E-state index contributed by atoms with van der Waals surface area (Å²) in [6.45, 7) is 0.800. The highest BCUT2D eigenvalue weighted by atomic mass is 16.2. The van der Waals surface area contributed by atoms with E-state index in [9.17, 15) is 4.79 Å². The van der Waals surface area contributed by atoms with Gasteiger partial charge in [0.2, 0.25) is 5.91 Å². The van der Waals surface area contributed by atoms with Gasteiger partial charge in [0.05, 0.1) is 0 Å². The summed E-state index contributed by atoms with van der Waals surface area (Å²) in [6, 6.07) is 4.01. The predicted molar refractivity (Wildman–Crippen MR) is 65.9 cm³/mol. The number of hydrogen-bond donors (Lipinski definition) is 2. The summed E-state index contributed by atoms with van der Waals surface area (Å²) in [4.78, 5) is 16.2. The average Bonchev–Trinajstić information content (AvgIpc) is 2.79. The van der Waals surface area contributed by atoms with Crippen molar-refractivity contribution in [1.82, 2.24) is 10.3 Å². The number of amides is 1. The van der Waals surface area contributed by atoms with Crippen LogP contribution >= 0.6 is 0 Å². The first-order chi connectivity index (χ1) is 8.33. The topological polar surface area (TPSA) is 54.0 Å². The number of nitrogens with one attached hydrogen (secondary N) is 2. The number of aryl methyl sites for hydroxylation is 2. The third kappa shape index (κ3) is 2.12. The van der Waals surface area contributed by atoms with Gasteiger partial charge in [0, 0.05) is 12.2 Å². The molecule has 3 rings (SSSR count). The molecule has 0 radical (unpaired) electrons. The lowest BCUT2D eigenvalue weighted by molar-refractivity contribution is -0.123. The normalized spacial score (nSPS) is 23.1. The Bertz CT molecular complexity index is 444. The van der Waals surface area contributed by atoms with Gasteiger partial charge in [-0.05, 0) is 43.7 Å². The number of pyridine rings is 1. The van der Waals surface area contributed by atoms with E-state index >= 15 is 0 Å². The molecular formula is C13H17N3O. The molecule has 2 N–H and O–H groups in total. The minimum atomic E-state index is -0.115. The maximum atomic E-state index is 11.6. The molecule has 1 aliphatic carbocycles. The van der Waals surface area contributed by atoms with Gasteiger partial charge in [-0.3, -0.25) is 4.79 Å². The average molecular weight is 231 g/mol. The van der Waals surface area contributed by atoms with Crippen LogP contribution < -0.4 is 10.6 Å². The van der Waals surface area contributed by atoms with Crippen LogP contribution in [0, 0.1) is 0 Å². The zero-order valence-corrected chi connectivity index (χ0v) is 9.83. The maximum Gasteiger partial charge on any atom is 0.242 e. The van der Waals surface area contributed by atoms with Crippen LogP contribution in [0.15, 0.2) is 12.1 Å². The van der Waals surface area contributed by atoms with E-state index in [4.69, 9.17) is 0 Å². The van der Waals surface area contributed by atoms with Gasteiger partial charge in [-0.2, -0.15) is 0 Å². The number of hydrogen-bond acceptors (Lipinski definition) is 3. The molecule has 4 heteroatoms. The maximum absolute atomic E-state index is 11.6. The molecule has 90 valence electrons. The number of aromatic nitrogens is 1. The van der Waals surface area contributed by atoms with E-state index in [0.29, 0.717) is 0 Å². The largest absolute Gasteiger partial charge is 0.358 e. The molecular weight excluding hydrogens is 214 g/mol. The molecule has 0 aromatic carbocycles. The number of fused-ring (bicyclic) bond motifs is 1. The van der Waals surface area contributed by atoms with Crippen molar-refractivity contribution in [2.24, 2.45) is 0 Å². The monoisotopic (exact) mass is 231 g/mol. The molecule has 0 bridgehead atoms. The Morgan fingerprint density at radius 3 is 3.12 bits per heavy atom. The quantitative estimate of drug-likeness (QED) is 0.805. The van der Waals surface area contributed by atoms with Crippen LogP contribution in [0.2, 0.25) is 0 Å². The van der Waals surface area contributed by atoms with Gasteiger partial charge in [0.15, 0.2) is 0 Å². The summed E-state index contributed by atoms with van der Waals surface area (Å²) < 4.78 is 0. The summed E-state index contributed by atoms with van der Waals surface area (Å²) in [7, 11) is 0. The minimum absolute atomic E-state index is 0.0959. The smallest absolute Gasteiger partial charge is 0.242 e. The van der Waals surface area contributed by atoms with Crippen molar-refractivity contribution in [3.63, 3.8) is 0 Å². The molecule has 0 saturated carbocycles. The fourth-order valence-electron chi connectivity index (χ4n) is 2.59. The molecule has 1 aromatic heterocycles. The standard InChI is InChI=1S/C13H17N3O/c17-13-11(5-2-8-14-13)16-12-7-6-9-3-1-4-10(9)15-12/h6-7,11H,1-5,8H2,(H,14,17)(H,15,16). The molecule has 1 fully saturated rings. The van der Waals surface area contributed by atoms with Gasteiger partial charge in [-0.25, -0.2) is 4.98 Å². The summed E-state index contributed by atoms with van der Waals surface area (Å²) >= 11 is 0. The Kier molecular flexibility index (Phi) is 2.71. The lowest BCUT2D eigenvalue weighted by atomic mass is 10.1. The molecule has 1 atom stereocenters. The number of anilines is 1. The van der Waals surface area contributed by atoms with Gasteiger partial charge < -0.3 is 10.6 Å². The molecule has 1 aliphatic heterocycles. The second-order valence-electron chi connectivity index (χ2n) is 4.79. The fourth-order valence-corrected chi connectivity index (χ4v) is 2.59. The van der Waals surface area contributed by atoms with E-state index in [0.717, 1.165) is 38.0 Å². The molecule has 1 saturated heterocycles. The highest BCUT2D eigenvalue weighted by Gasteiger charge is 2.22. The molecule has 2 heterocycles. The van der Waals surface area contributed by atoms with Crippen LogP contribution in [0.5, 0.6) is 0 Å². The van der Waals surface area contributed by atoms with Crippen LogP contribution in [-0.2, 0) is 17.6 Å². The van der Waals surface area contributed by atoms with Crippen molar-refractivity contribution in [1.29, 1.82) is 0 Å². The van der Waals surface area contributed by atoms with Crippen molar-refractivity contribution < 1.29 is 4.79 Å². The summed E-state index contributed by atoms with van der Waals surface area (Å²) in [5.74, 6) is 0.936. The third-order valence-electron chi connectivity index (χ3n) is 3.54. The van der Waals surface area contributed by atoms with E-state index in [1.807, 2.05) is 6.07 Å². The van der Waals surface area contributed by atoms with Crippen molar-refractivity contribution in [2.45, 2.75) is 38.1 Å². The van der Waals surface area contributed by atoms with Crippen LogP contribution in [-0.4, -0.2) is 23.5 Å². The summed E-state index contributed by atoms with van der Waals surface area (Å²) in [6.07, 6.45) is 5.35. The zero-order valence-electron chi connectivity index (χ0n) is 9.83. The Labute approximate surface area is 101 Å². The van der Waals surface area contributed by atoms with Crippen molar-refractivity contribution in [3.8, 4) is 0 Å². The van der Waals surface area contributed by atoms with Crippen LogP contribution in [0.25, 0.3) is 0 Å². The van der Waals surface area contributed by atoms with Crippen molar-refractivity contribution in [2.75, 3.05) is 11.9 Å². The van der Waals surface area contributed by atoms with Gasteiger partial charge in [-0.15, -0.1) is 0 Å². The van der Waals surface area contributed by atoms with E-state index in [1.165, 1.54) is 17.7 Å². The first-order valence-electron chi connectivity index (χ1n) is 6.36. The summed E-state index contributed by atoms with van der Waals surface area (Å²) in [5.41, 5.74) is 2.56. The lowest BCUT2D eigenvalue weighted by Crippen LogP contribution is -2.44. The first-order valence-corrected chi connectivity index (χ1v) is 6.36. The van der Waals surface area contributed by atoms with Crippen molar-refractivity contribution in [3.05, 3.63) is 23.4 Å². The van der Waals surface area contributed by atoms with Crippen LogP contribution in [0.1, 0.15) is 30.5 Å². The van der Waals surface area contributed by atoms with E-state index in [2.05, 4.69) is 21.7 Å². The Hall–Kier alpha value is -1.58. The van der Waals surface area contributed by atoms with Gasteiger partial charge in [0.1, 0.15) is 11.9 Å². The number of nitrogens with zero attached hydrogens (tertiary/aromatic N) is 1. The lowest BCUT2D eigenvalue weighted by Gasteiger charge is -2.23. The van der Waals surface area contributed by atoms with E-state index in [1.54, 1.807) is 0 Å². The highest BCUT2D eigenvalue weighted by molar-refractivity contribution is 5.84. The first kappa shape index (κ1) is 10.6. The Balaban J connectivity index is 1.74. The van der Waals surface area contributed by atoms with Gasteiger partial charge >= 0.3 is 0 Å². The minimum Gasteiger partial charge on any atom is -0.358 e. The molecule has 2 aliphatic rings. The number of carbonyl (C=O) groups is 1. The number of piperidine rings is 1. The summed E-state index contributed by atoms with van der Waals surface area (Å²) in [5, 5.41) is 6.11. The molecule has 1 amide bonds. The zero-order chi connectivity index (χ0) is 11.7. The SMILES string of the molecule is O=C1NCCCC1Nc1ccc2c(n1)CCC2. The van der Waals surface area contributed by atoms with Crippen molar-refractivity contribution >= 4 is 11.7 Å². The van der Waals surface area contributed by atoms with Gasteiger partial charge in [0.25, 0.3) is 0 Å². The highest BCUT2D eigenvalue weighted by Crippen LogP contribution is 2.22. The van der Waals surface area contributed by atoms with E-state index in [-0.39, 0.29) is 11.9 Å². The Morgan fingerprint density at radius 2 is 2.24 bits per heavy atom. The second-order valence-corrected chi connectivity index (χ2v) is 4.79. The Morgan fingerprint density at radius 1 is 1.29 bits per heavy atom. The number of carbonyl (C=O) groups excluding carboxylic acids is 1. The molecule has 1 unspecified atom stereocenters. The van der Waals surface area contributed by atoms with E-state index < -0.39 is 0 Å².